The maximum Gasteiger partial charge on any atom is 0.0540 e. The van der Waals surface area contributed by atoms with E-state index in [9.17, 15) is 0 Å². The first-order valence-corrected chi connectivity index (χ1v) is 44.2. The van der Waals surface area contributed by atoms with Crippen LogP contribution in [0, 0.1) is 0 Å². The monoisotopic (exact) mass is 1650 g/mol. The van der Waals surface area contributed by atoms with E-state index in [2.05, 4.69) is 552 Å². The third kappa shape index (κ3) is 15.2. The lowest BCUT2D eigenvalue weighted by Gasteiger charge is -2.29. The number of anilines is 15. The van der Waals surface area contributed by atoms with Gasteiger partial charge in [-0.2, -0.15) is 0 Å². The molecule has 0 N–H and O–H groups in total. The highest BCUT2D eigenvalue weighted by atomic mass is 15.2. The molecule has 0 unspecified atom stereocenters. The van der Waals surface area contributed by atoms with Crippen molar-refractivity contribution in [2.45, 2.75) is 0 Å². The van der Waals surface area contributed by atoms with Crippen LogP contribution < -0.4 is 24.5 Å². The highest BCUT2D eigenvalue weighted by Crippen LogP contribution is 2.52. The predicted octanol–water partition coefficient (Wildman–Crippen LogP) is 35.5. The molecule has 0 fully saturated rings. The van der Waals surface area contributed by atoms with Gasteiger partial charge in [0.1, 0.15) is 0 Å². The molecule has 0 aromatic heterocycles. The van der Waals surface area contributed by atoms with E-state index in [1.165, 1.54) is 97.7 Å². The zero-order chi connectivity index (χ0) is 85.8. The van der Waals surface area contributed by atoms with E-state index in [0.29, 0.717) is 0 Å². The molecule has 0 saturated carbocycles. The van der Waals surface area contributed by atoms with E-state index in [-0.39, 0.29) is 0 Å². The predicted molar refractivity (Wildman–Crippen MR) is 551 cm³/mol. The number of hydrogen-bond donors (Lipinski definition) is 0. The summed E-state index contributed by atoms with van der Waals surface area (Å²) in [4.78, 5) is 11.9. The topological polar surface area (TPSA) is 16.2 Å². The van der Waals surface area contributed by atoms with Gasteiger partial charge in [-0.1, -0.05) is 376 Å². The highest BCUT2D eigenvalue weighted by molar-refractivity contribution is 6.23. The van der Waals surface area contributed by atoms with E-state index in [4.69, 9.17) is 0 Å². The Morgan fingerprint density at radius 1 is 0.101 bits per heavy atom. The Bertz CT molecular complexity index is 7490. The molecule has 5 heteroatoms. The third-order valence-corrected chi connectivity index (χ3v) is 25.0. The van der Waals surface area contributed by atoms with Gasteiger partial charge in [-0.25, -0.2) is 0 Å². The van der Waals surface area contributed by atoms with E-state index >= 15 is 0 Å². The molecule has 0 heterocycles. The van der Waals surface area contributed by atoms with Crippen molar-refractivity contribution < 1.29 is 0 Å². The highest BCUT2D eigenvalue weighted by Gasteiger charge is 2.26. The average Bonchev–Trinajstić information content (AvgIpc) is 0.721. The summed E-state index contributed by atoms with van der Waals surface area (Å²) in [5.74, 6) is 0. The summed E-state index contributed by atoms with van der Waals surface area (Å²) < 4.78 is 0. The zero-order valence-electron chi connectivity index (χ0n) is 71.0. The maximum absolute atomic E-state index is 2.42. The van der Waals surface area contributed by atoms with Gasteiger partial charge in [0, 0.05) is 83.8 Å². The zero-order valence-corrected chi connectivity index (χ0v) is 71.0. The molecule has 129 heavy (non-hydrogen) atoms. The van der Waals surface area contributed by atoms with Gasteiger partial charge >= 0.3 is 0 Å². The lowest BCUT2D eigenvalue weighted by atomic mass is 9.85. The van der Waals surface area contributed by atoms with Crippen LogP contribution >= 0.6 is 0 Å². The summed E-state index contributed by atoms with van der Waals surface area (Å²) in [5.41, 5.74) is 26.2. The van der Waals surface area contributed by atoms with Crippen molar-refractivity contribution in [3.05, 3.63) is 528 Å². The summed E-state index contributed by atoms with van der Waals surface area (Å²) >= 11 is 0. The van der Waals surface area contributed by atoms with Gasteiger partial charge in [0.2, 0.25) is 0 Å². The summed E-state index contributed by atoms with van der Waals surface area (Å²) in [6.45, 7) is 0. The molecule has 608 valence electrons. The fourth-order valence-corrected chi connectivity index (χ4v) is 19.0. The minimum atomic E-state index is 1.09. The largest absolute Gasteiger partial charge is 0.310 e. The van der Waals surface area contributed by atoms with E-state index in [1.807, 2.05) is 0 Å². The second-order valence-corrected chi connectivity index (χ2v) is 32.6. The summed E-state index contributed by atoms with van der Waals surface area (Å²) in [7, 11) is 0. The maximum atomic E-state index is 2.42. The molecule has 0 aliphatic heterocycles. The molecule has 0 atom stereocenters. The third-order valence-electron chi connectivity index (χ3n) is 25.0. The Kier molecular flexibility index (Phi) is 21.1. The SMILES string of the molecule is c1ccc(-c2c3ccc(N(c4ccccc4)c4cccc5ccccc45)cc3c(-c3ccccc3)c3ccc(N(c4ccccc4)c4cccc5ccccc45)cc23)cc1.c1ccc(N(c2ccc(-c3ccc(N(c4ccc(-c5ccc(N(c6ccccc6)c6cccc7ccccc67)cc5)cc4)c4cccc5ccccc45)cc3)cc2)c2cccc3ccccc23)cc1. The van der Waals surface area contributed by atoms with Crippen molar-refractivity contribution in [3.63, 3.8) is 0 Å². The lowest BCUT2D eigenvalue weighted by molar-refractivity contribution is 1.29. The van der Waals surface area contributed by atoms with E-state index in [0.717, 1.165) is 108 Å². The molecule has 23 rings (SSSR count). The van der Waals surface area contributed by atoms with Crippen LogP contribution in [0.5, 0.6) is 0 Å². The van der Waals surface area contributed by atoms with Gasteiger partial charge in [0.15, 0.2) is 0 Å². The van der Waals surface area contributed by atoms with Crippen LogP contribution in [0.4, 0.5) is 85.3 Å². The standard InChI is InChI=1S/C66H47N3.C58H40N2/c1-3-22-55(23-4-1)67(64-29-13-19-52-16-7-10-26-61(52)64)57-40-32-48(33-41-57)50-36-44-59(45-37-50)69(66-31-15-21-54-18-9-12-28-63(54)66)60-46-38-51(39-47-60)49-34-42-58(43-35-49)68(56-24-5-2-6-25-56)65-30-14-20-53-17-8-11-27-62(53)65;1-5-21-43(22-6-1)57-51-37-35-48(60(46-29-11-4-12-30-46)56-34-18-26-42-20-14-16-32-50(42)56)40-54(51)58(44-23-7-2-8-24-44)52-38-36-47(39-53(52)57)59(45-27-9-3-10-28-45)55-33-17-25-41-19-13-15-31-49(41)55/h1-47H;1-40H. The van der Waals surface area contributed by atoms with Crippen LogP contribution in [0.3, 0.4) is 0 Å². The fraction of sp³-hybridized carbons (Fsp3) is 0. The summed E-state index contributed by atoms with van der Waals surface area (Å²) in [6.07, 6.45) is 0. The number of nitrogens with zero attached hydrogens (tertiary/aromatic N) is 5. The molecular weight excluding hydrogens is 1560 g/mol. The summed E-state index contributed by atoms with van der Waals surface area (Å²) in [5, 5.41) is 16.9. The van der Waals surface area contributed by atoms with Crippen molar-refractivity contribution in [1.29, 1.82) is 0 Å². The van der Waals surface area contributed by atoms with Crippen molar-refractivity contribution in [2.75, 3.05) is 24.5 Å². The fourth-order valence-electron chi connectivity index (χ4n) is 19.0. The van der Waals surface area contributed by atoms with Crippen LogP contribution in [0.15, 0.2) is 528 Å². The summed E-state index contributed by atoms with van der Waals surface area (Å²) in [6, 6.07) is 191. The molecule has 0 amide bonds. The Morgan fingerprint density at radius 3 is 0.512 bits per heavy atom. The first-order valence-electron chi connectivity index (χ1n) is 44.2. The van der Waals surface area contributed by atoms with Gasteiger partial charge in [0.25, 0.3) is 0 Å². The molecule has 0 aliphatic rings. The minimum Gasteiger partial charge on any atom is -0.310 e. The number of benzene rings is 23. The second-order valence-electron chi connectivity index (χ2n) is 32.6. The molecule has 0 saturated heterocycles. The van der Waals surface area contributed by atoms with Crippen molar-refractivity contribution in [3.8, 4) is 44.5 Å². The molecule has 0 bridgehead atoms. The molecule has 0 spiro atoms. The first kappa shape index (κ1) is 77.9. The molecule has 23 aromatic carbocycles. The van der Waals surface area contributed by atoms with Crippen molar-refractivity contribution in [1.82, 2.24) is 0 Å². The van der Waals surface area contributed by atoms with E-state index < -0.39 is 0 Å². The Morgan fingerprint density at radius 2 is 0.279 bits per heavy atom. The number of para-hydroxylation sites is 4. The van der Waals surface area contributed by atoms with Gasteiger partial charge < -0.3 is 24.5 Å². The van der Waals surface area contributed by atoms with Crippen molar-refractivity contribution in [2.24, 2.45) is 0 Å². The van der Waals surface area contributed by atoms with Gasteiger partial charge in [0.05, 0.1) is 28.4 Å². The minimum absolute atomic E-state index is 1.09. The van der Waals surface area contributed by atoms with Crippen LogP contribution in [0.25, 0.3) is 120 Å². The average molecular weight is 1650 g/mol. The number of rotatable bonds is 19. The molecular formula is C124H87N5. The lowest BCUT2D eigenvalue weighted by Crippen LogP contribution is -2.11. The van der Waals surface area contributed by atoms with Gasteiger partial charge in [-0.3, -0.25) is 0 Å². The van der Waals surface area contributed by atoms with Gasteiger partial charge in [-0.05, 0) is 245 Å². The number of fused-ring (bicyclic) bond motifs is 7. The second kappa shape index (κ2) is 34.9. The Hall–Kier alpha value is -17.1. The van der Waals surface area contributed by atoms with Crippen LogP contribution in [0.1, 0.15) is 0 Å². The Labute approximate surface area is 752 Å². The smallest absolute Gasteiger partial charge is 0.0540 e. The van der Waals surface area contributed by atoms with Gasteiger partial charge in [-0.15, -0.1) is 0 Å². The van der Waals surface area contributed by atoms with Crippen LogP contribution in [0.2, 0.25) is 0 Å². The quantitative estimate of drug-likeness (QED) is 0.0748. The van der Waals surface area contributed by atoms with Crippen LogP contribution in [-0.2, 0) is 0 Å². The van der Waals surface area contributed by atoms with Crippen LogP contribution in [-0.4, -0.2) is 0 Å². The molecule has 0 aliphatic carbocycles. The Balaban J connectivity index is 0.000000153. The van der Waals surface area contributed by atoms with Crippen molar-refractivity contribution >= 4 is 161 Å². The molecule has 5 nitrogen and oxygen atoms in total. The number of hydrogen-bond acceptors (Lipinski definition) is 5. The molecule has 23 aromatic rings. The first-order chi connectivity index (χ1) is 64.0. The normalized spacial score (nSPS) is 11.3. The van der Waals surface area contributed by atoms with E-state index in [1.54, 1.807) is 0 Å². The molecule has 0 radical (unpaired) electrons.